The van der Waals surface area contributed by atoms with Crippen molar-refractivity contribution in [1.82, 2.24) is 4.90 Å². The molecule has 1 heterocycles. The maximum Gasteiger partial charge on any atom is 0.410 e. The fourth-order valence-electron chi connectivity index (χ4n) is 2.13. The van der Waals surface area contributed by atoms with Crippen LogP contribution < -0.4 is 0 Å². The number of ether oxygens (including phenoxy) is 1. The Bertz CT molecular complexity index is 258. The molecule has 0 aromatic rings. The van der Waals surface area contributed by atoms with E-state index in [0.29, 0.717) is 0 Å². The molecule has 1 fully saturated rings. The molecule has 0 aromatic heterocycles. The molecular formula is C13H25NO3. The third-order valence-corrected chi connectivity index (χ3v) is 2.92. The molecule has 0 radical (unpaired) electrons. The van der Waals surface area contributed by atoms with Crippen LogP contribution in [0.5, 0.6) is 0 Å². The van der Waals surface area contributed by atoms with Gasteiger partial charge in [0.15, 0.2) is 0 Å². The maximum atomic E-state index is 12.0. The van der Waals surface area contributed by atoms with Gasteiger partial charge in [0.25, 0.3) is 0 Å². The summed E-state index contributed by atoms with van der Waals surface area (Å²) in [7, 11) is 0. The molecule has 4 heteroatoms. The zero-order valence-electron chi connectivity index (χ0n) is 11.4. The van der Waals surface area contributed by atoms with E-state index in [2.05, 4.69) is 0 Å². The molecule has 1 N–H and O–H groups in total. The molecule has 0 bridgehead atoms. The normalized spacial score (nSPS) is 22.6. The molecule has 1 rings (SSSR count). The molecule has 17 heavy (non-hydrogen) atoms. The minimum atomic E-state index is -0.436. The van der Waals surface area contributed by atoms with Gasteiger partial charge in [-0.1, -0.05) is 0 Å². The lowest BCUT2D eigenvalue weighted by atomic mass is 10.1. The zero-order chi connectivity index (χ0) is 13.1. The van der Waals surface area contributed by atoms with Crippen LogP contribution in [0.2, 0.25) is 0 Å². The first-order chi connectivity index (χ1) is 7.79. The predicted octanol–water partition coefficient (Wildman–Crippen LogP) is 2.55. The summed E-state index contributed by atoms with van der Waals surface area (Å²) in [5.74, 6) is 0. The Morgan fingerprint density at radius 1 is 1.53 bits per heavy atom. The summed E-state index contributed by atoms with van der Waals surface area (Å²) in [6.45, 7) is 8.20. The summed E-state index contributed by atoms with van der Waals surface area (Å²) in [6.07, 6.45) is 3.14. The van der Waals surface area contributed by atoms with Crippen molar-refractivity contribution in [3.05, 3.63) is 0 Å². The minimum absolute atomic E-state index is 0.217. The van der Waals surface area contributed by atoms with Gasteiger partial charge in [0.1, 0.15) is 5.60 Å². The van der Waals surface area contributed by atoms with Crippen molar-refractivity contribution in [2.45, 2.75) is 71.1 Å². The third kappa shape index (κ3) is 4.94. The number of amides is 1. The van der Waals surface area contributed by atoms with Crippen LogP contribution in [0.4, 0.5) is 4.79 Å². The van der Waals surface area contributed by atoms with Crippen molar-refractivity contribution in [3.63, 3.8) is 0 Å². The SMILES string of the molecule is C[C@@H](O)CC[C@H]1CCCN1C(=O)OC(C)(C)C. The maximum absolute atomic E-state index is 12.0. The van der Waals surface area contributed by atoms with Crippen LogP contribution in [0.3, 0.4) is 0 Å². The molecule has 100 valence electrons. The Kier molecular flexibility index (Phi) is 4.80. The Balaban J connectivity index is 2.48. The summed E-state index contributed by atoms with van der Waals surface area (Å²) < 4.78 is 5.38. The van der Waals surface area contributed by atoms with Gasteiger partial charge >= 0.3 is 6.09 Å². The lowest BCUT2D eigenvalue weighted by molar-refractivity contribution is 0.0209. The lowest BCUT2D eigenvalue weighted by Gasteiger charge is -2.28. The van der Waals surface area contributed by atoms with E-state index in [1.54, 1.807) is 6.92 Å². The highest BCUT2D eigenvalue weighted by Gasteiger charge is 2.31. The molecule has 1 aliphatic rings. The number of aliphatic hydroxyl groups excluding tert-OH is 1. The molecule has 0 spiro atoms. The molecular weight excluding hydrogens is 218 g/mol. The smallest absolute Gasteiger partial charge is 0.410 e. The van der Waals surface area contributed by atoms with Crippen molar-refractivity contribution < 1.29 is 14.6 Å². The first-order valence-corrected chi connectivity index (χ1v) is 6.47. The summed E-state index contributed by atoms with van der Waals surface area (Å²) >= 11 is 0. The molecule has 0 saturated carbocycles. The largest absolute Gasteiger partial charge is 0.444 e. The van der Waals surface area contributed by atoms with E-state index >= 15 is 0 Å². The van der Waals surface area contributed by atoms with Crippen molar-refractivity contribution in [2.75, 3.05) is 6.54 Å². The second-order valence-electron chi connectivity index (χ2n) is 5.90. The van der Waals surface area contributed by atoms with Gasteiger partial charge in [-0.3, -0.25) is 0 Å². The van der Waals surface area contributed by atoms with Crippen molar-refractivity contribution in [1.29, 1.82) is 0 Å². The van der Waals surface area contributed by atoms with Gasteiger partial charge in [0.2, 0.25) is 0 Å². The van der Waals surface area contributed by atoms with Crippen LogP contribution in [0.1, 0.15) is 53.4 Å². The summed E-state index contributed by atoms with van der Waals surface area (Å²) in [5, 5.41) is 9.29. The molecule has 1 aliphatic heterocycles. The van der Waals surface area contributed by atoms with Gasteiger partial charge in [0, 0.05) is 12.6 Å². The number of carbonyl (C=O) groups excluding carboxylic acids is 1. The summed E-state index contributed by atoms with van der Waals surface area (Å²) in [6, 6.07) is 0.236. The number of likely N-dealkylation sites (tertiary alicyclic amines) is 1. The lowest BCUT2D eigenvalue weighted by Crippen LogP contribution is -2.40. The second kappa shape index (κ2) is 5.71. The van der Waals surface area contributed by atoms with E-state index in [9.17, 15) is 9.90 Å². The minimum Gasteiger partial charge on any atom is -0.444 e. The van der Waals surface area contributed by atoms with Crippen LogP contribution in [0.15, 0.2) is 0 Å². The van der Waals surface area contributed by atoms with Crippen LogP contribution in [-0.2, 0) is 4.74 Å². The average Bonchev–Trinajstić information content (AvgIpc) is 2.59. The number of rotatable bonds is 3. The average molecular weight is 243 g/mol. The number of hydrogen-bond acceptors (Lipinski definition) is 3. The fourth-order valence-corrected chi connectivity index (χ4v) is 2.13. The molecule has 1 amide bonds. The molecule has 0 unspecified atom stereocenters. The first-order valence-electron chi connectivity index (χ1n) is 6.47. The van der Waals surface area contributed by atoms with Gasteiger partial charge in [-0.05, 0) is 53.4 Å². The van der Waals surface area contributed by atoms with Gasteiger partial charge < -0.3 is 14.7 Å². The highest BCUT2D eigenvalue weighted by atomic mass is 16.6. The number of aliphatic hydroxyl groups is 1. The number of nitrogens with zero attached hydrogens (tertiary/aromatic N) is 1. The van der Waals surface area contributed by atoms with Gasteiger partial charge in [-0.15, -0.1) is 0 Å². The van der Waals surface area contributed by atoms with Crippen LogP contribution >= 0.6 is 0 Å². The van der Waals surface area contributed by atoms with Gasteiger partial charge in [-0.2, -0.15) is 0 Å². The topological polar surface area (TPSA) is 49.8 Å². The quantitative estimate of drug-likeness (QED) is 0.828. The van der Waals surface area contributed by atoms with Crippen LogP contribution in [-0.4, -0.2) is 40.4 Å². The van der Waals surface area contributed by atoms with Gasteiger partial charge in [-0.25, -0.2) is 4.79 Å². The van der Waals surface area contributed by atoms with E-state index in [0.717, 1.165) is 32.2 Å². The predicted molar refractivity (Wildman–Crippen MR) is 66.9 cm³/mol. The van der Waals surface area contributed by atoms with Gasteiger partial charge in [0.05, 0.1) is 6.10 Å². The Morgan fingerprint density at radius 3 is 2.71 bits per heavy atom. The van der Waals surface area contributed by atoms with E-state index < -0.39 is 5.60 Å². The molecule has 4 nitrogen and oxygen atoms in total. The Labute approximate surface area is 104 Å². The second-order valence-corrected chi connectivity index (χ2v) is 5.90. The van der Waals surface area contributed by atoms with E-state index in [-0.39, 0.29) is 18.2 Å². The van der Waals surface area contributed by atoms with Crippen LogP contribution in [0, 0.1) is 0 Å². The van der Waals surface area contributed by atoms with Crippen molar-refractivity contribution in [3.8, 4) is 0 Å². The summed E-state index contributed by atoms with van der Waals surface area (Å²) in [4.78, 5) is 13.8. The van der Waals surface area contributed by atoms with E-state index in [1.165, 1.54) is 0 Å². The zero-order valence-corrected chi connectivity index (χ0v) is 11.4. The molecule has 2 atom stereocenters. The molecule has 1 saturated heterocycles. The van der Waals surface area contributed by atoms with Crippen molar-refractivity contribution in [2.24, 2.45) is 0 Å². The summed E-state index contributed by atoms with van der Waals surface area (Å²) in [5.41, 5.74) is -0.436. The first kappa shape index (κ1) is 14.3. The van der Waals surface area contributed by atoms with Crippen LogP contribution in [0.25, 0.3) is 0 Å². The van der Waals surface area contributed by atoms with Crippen molar-refractivity contribution >= 4 is 6.09 Å². The fraction of sp³-hybridized carbons (Fsp3) is 0.923. The highest BCUT2D eigenvalue weighted by Crippen LogP contribution is 2.24. The number of carbonyl (C=O) groups is 1. The van der Waals surface area contributed by atoms with E-state index in [1.807, 2.05) is 25.7 Å². The van der Waals surface area contributed by atoms with E-state index in [4.69, 9.17) is 4.74 Å². The molecule has 0 aromatic carbocycles. The Hall–Kier alpha value is -0.770. The highest BCUT2D eigenvalue weighted by molar-refractivity contribution is 5.68. The monoisotopic (exact) mass is 243 g/mol. The molecule has 0 aliphatic carbocycles. The Morgan fingerprint density at radius 2 is 2.18 bits per heavy atom. The third-order valence-electron chi connectivity index (χ3n) is 2.92. The number of hydrogen-bond donors (Lipinski definition) is 1. The standard InChI is InChI=1S/C13H25NO3/c1-10(15)7-8-11-6-5-9-14(11)12(16)17-13(2,3)4/h10-11,15H,5-9H2,1-4H3/t10-,11-/m1/s1.